The van der Waals surface area contributed by atoms with E-state index in [2.05, 4.69) is 5.10 Å². The van der Waals surface area contributed by atoms with Crippen LogP contribution in [0.1, 0.15) is 23.6 Å². The average molecular weight is 253 g/mol. The van der Waals surface area contributed by atoms with E-state index in [1.54, 1.807) is 6.07 Å². The predicted molar refractivity (Wildman–Crippen MR) is 73.8 cm³/mol. The molecule has 1 aromatic carbocycles. The van der Waals surface area contributed by atoms with E-state index in [-0.39, 0.29) is 11.1 Å². The summed E-state index contributed by atoms with van der Waals surface area (Å²) in [5, 5.41) is 13.3. The van der Waals surface area contributed by atoms with Gasteiger partial charge in [0.2, 0.25) is 0 Å². The second-order valence-corrected chi connectivity index (χ2v) is 4.48. The van der Waals surface area contributed by atoms with Crippen LogP contribution < -0.4 is 5.56 Å². The lowest BCUT2D eigenvalue weighted by molar-refractivity contribution is 0.617. The number of nitriles is 1. The maximum absolute atomic E-state index is 11.8. The first-order valence-corrected chi connectivity index (χ1v) is 6.16. The number of aromatic nitrogens is 2. The fourth-order valence-corrected chi connectivity index (χ4v) is 1.88. The van der Waals surface area contributed by atoms with Crippen molar-refractivity contribution in [3.63, 3.8) is 0 Å². The molecule has 19 heavy (non-hydrogen) atoms. The van der Waals surface area contributed by atoms with Crippen molar-refractivity contribution < 1.29 is 0 Å². The Bertz CT molecular complexity index is 723. The van der Waals surface area contributed by atoms with Gasteiger partial charge in [0.05, 0.1) is 5.69 Å². The lowest BCUT2D eigenvalue weighted by Crippen LogP contribution is -2.24. The molecule has 0 radical (unpaired) electrons. The summed E-state index contributed by atoms with van der Waals surface area (Å²) >= 11 is 0. The fourth-order valence-electron chi connectivity index (χ4n) is 1.88. The maximum atomic E-state index is 11.8. The monoisotopic (exact) mass is 253 g/mol. The zero-order chi connectivity index (χ0) is 14.0. The molecular formula is C15H15N3O. The molecule has 0 saturated carbocycles. The third-order valence-corrected chi connectivity index (χ3v) is 3.20. The summed E-state index contributed by atoms with van der Waals surface area (Å²) in [6, 6.07) is 9.47. The lowest BCUT2D eigenvalue weighted by Gasteiger charge is -2.08. The Morgan fingerprint density at radius 1 is 1.26 bits per heavy atom. The number of benzene rings is 1. The van der Waals surface area contributed by atoms with Gasteiger partial charge >= 0.3 is 0 Å². The number of rotatable bonds is 2. The van der Waals surface area contributed by atoms with Gasteiger partial charge < -0.3 is 0 Å². The minimum atomic E-state index is -0.336. The Morgan fingerprint density at radius 2 is 2.00 bits per heavy atom. The second kappa shape index (κ2) is 5.07. The quantitative estimate of drug-likeness (QED) is 0.825. The van der Waals surface area contributed by atoms with Crippen molar-refractivity contribution in [3.05, 3.63) is 51.3 Å². The Kier molecular flexibility index (Phi) is 3.48. The average Bonchev–Trinajstić information content (AvgIpc) is 2.42. The van der Waals surface area contributed by atoms with Crippen LogP contribution in [0, 0.1) is 25.2 Å². The molecule has 4 heteroatoms. The van der Waals surface area contributed by atoms with Crippen molar-refractivity contribution in [2.45, 2.75) is 27.3 Å². The molecule has 2 rings (SSSR count). The first-order chi connectivity index (χ1) is 9.06. The highest BCUT2D eigenvalue weighted by atomic mass is 16.1. The van der Waals surface area contributed by atoms with Gasteiger partial charge in [-0.2, -0.15) is 10.4 Å². The van der Waals surface area contributed by atoms with Gasteiger partial charge in [-0.05, 0) is 44.0 Å². The molecule has 0 saturated heterocycles. The van der Waals surface area contributed by atoms with Crippen LogP contribution in [0.5, 0.6) is 0 Å². The number of hydrogen-bond donors (Lipinski definition) is 0. The van der Waals surface area contributed by atoms with E-state index in [9.17, 15) is 4.79 Å². The van der Waals surface area contributed by atoms with Crippen molar-refractivity contribution in [2.24, 2.45) is 0 Å². The van der Waals surface area contributed by atoms with Crippen molar-refractivity contribution >= 4 is 0 Å². The highest BCUT2D eigenvalue weighted by molar-refractivity contribution is 5.61. The van der Waals surface area contributed by atoms with Crippen LogP contribution in [0.25, 0.3) is 11.3 Å². The van der Waals surface area contributed by atoms with Gasteiger partial charge in [0, 0.05) is 12.1 Å². The molecule has 4 nitrogen and oxygen atoms in total. The highest BCUT2D eigenvalue weighted by Crippen LogP contribution is 2.20. The summed E-state index contributed by atoms with van der Waals surface area (Å²) in [6.07, 6.45) is 0. The number of aryl methyl sites for hydroxylation is 3. The molecule has 1 heterocycles. The fraction of sp³-hybridized carbons (Fsp3) is 0.267. The Hall–Kier alpha value is -2.41. The molecule has 0 aliphatic rings. The molecule has 0 spiro atoms. The topological polar surface area (TPSA) is 58.7 Å². The smallest absolute Gasteiger partial charge is 0.266 e. The molecule has 96 valence electrons. The van der Waals surface area contributed by atoms with E-state index in [1.807, 2.05) is 45.0 Å². The van der Waals surface area contributed by atoms with Crippen LogP contribution in [0.2, 0.25) is 0 Å². The minimum absolute atomic E-state index is 0.130. The van der Waals surface area contributed by atoms with E-state index in [4.69, 9.17) is 5.26 Å². The standard InChI is InChI=1S/C15H15N3O/c1-4-18-15(19)13(9-16)8-14(17-18)12-6-5-10(2)11(3)7-12/h5-8H,4H2,1-3H3. The van der Waals surface area contributed by atoms with Gasteiger partial charge in [0.25, 0.3) is 5.56 Å². The highest BCUT2D eigenvalue weighted by Gasteiger charge is 2.09. The van der Waals surface area contributed by atoms with Crippen LogP contribution in [-0.2, 0) is 6.54 Å². The van der Waals surface area contributed by atoms with Gasteiger partial charge in [-0.25, -0.2) is 4.68 Å². The van der Waals surface area contributed by atoms with Gasteiger partial charge in [0.1, 0.15) is 11.6 Å². The Morgan fingerprint density at radius 3 is 2.58 bits per heavy atom. The summed E-state index contributed by atoms with van der Waals surface area (Å²) in [5.41, 5.74) is 3.73. The molecule has 0 atom stereocenters. The molecule has 1 aromatic heterocycles. The van der Waals surface area contributed by atoms with Crippen LogP contribution in [0.15, 0.2) is 29.1 Å². The summed E-state index contributed by atoms with van der Waals surface area (Å²) in [6.45, 7) is 6.35. The summed E-state index contributed by atoms with van der Waals surface area (Å²) in [5.74, 6) is 0. The van der Waals surface area contributed by atoms with Crippen molar-refractivity contribution in [1.82, 2.24) is 9.78 Å². The molecule has 0 N–H and O–H groups in total. The van der Waals surface area contributed by atoms with Gasteiger partial charge in [0.15, 0.2) is 0 Å². The Labute approximate surface area is 111 Å². The van der Waals surface area contributed by atoms with Gasteiger partial charge in [-0.3, -0.25) is 4.79 Å². The first kappa shape index (κ1) is 13.0. The van der Waals surface area contributed by atoms with E-state index >= 15 is 0 Å². The molecule has 0 aliphatic heterocycles. The molecule has 0 fully saturated rings. The van der Waals surface area contributed by atoms with Crippen LogP contribution in [-0.4, -0.2) is 9.78 Å². The molecule has 0 amide bonds. The van der Waals surface area contributed by atoms with Crippen LogP contribution >= 0.6 is 0 Å². The largest absolute Gasteiger partial charge is 0.284 e. The van der Waals surface area contributed by atoms with E-state index in [0.717, 1.165) is 11.1 Å². The lowest BCUT2D eigenvalue weighted by atomic mass is 10.0. The zero-order valence-electron chi connectivity index (χ0n) is 11.3. The molecule has 0 aliphatic carbocycles. The van der Waals surface area contributed by atoms with Crippen molar-refractivity contribution in [3.8, 4) is 17.3 Å². The summed E-state index contributed by atoms with van der Waals surface area (Å²) in [7, 11) is 0. The van der Waals surface area contributed by atoms with E-state index < -0.39 is 0 Å². The summed E-state index contributed by atoms with van der Waals surface area (Å²) in [4.78, 5) is 11.8. The van der Waals surface area contributed by atoms with Gasteiger partial charge in [-0.15, -0.1) is 0 Å². The van der Waals surface area contributed by atoms with Crippen LogP contribution in [0.3, 0.4) is 0 Å². The molecule has 0 unspecified atom stereocenters. The second-order valence-electron chi connectivity index (χ2n) is 4.48. The zero-order valence-corrected chi connectivity index (χ0v) is 11.3. The third-order valence-electron chi connectivity index (χ3n) is 3.20. The maximum Gasteiger partial charge on any atom is 0.284 e. The van der Waals surface area contributed by atoms with E-state index in [1.165, 1.54) is 10.2 Å². The molecule has 0 bridgehead atoms. The first-order valence-electron chi connectivity index (χ1n) is 6.16. The van der Waals surface area contributed by atoms with Crippen molar-refractivity contribution in [2.75, 3.05) is 0 Å². The SMILES string of the molecule is CCn1nc(-c2ccc(C)c(C)c2)cc(C#N)c1=O. The number of hydrogen-bond acceptors (Lipinski definition) is 3. The van der Waals surface area contributed by atoms with Crippen molar-refractivity contribution in [1.29, 1.82) is 5.26 Å². The number of nitrogens with zero attached hydrogens (tertiary/aromatic N) is 3. The predicted octanol–water partition coefficient (Wildman–Crippen LogP) is 2.42. The third kappa shape index (κ3) is 2.41. The van der Waals surface area contributed by atoms with Crippen LogP contribution in [0.4, 0.5) is 0 Å². The van der Waals surface area contributed by atoms with Gasteiger partial charge in [-0.1, -0.05) is 12.1 Å². The Balaban J connectivity index is 2.66. The molecule has 2 aromatic rings. The minimum Gasteiger partial charge on any atom is -0.266 e. The summed E-state index contributed by atoms with van der Waals surface area (Å²) < 4.78 is 1.32. The normalized spacial score (nSPS) is 10.2. The molecular weight excluding hydrogens is 238 g/mol. The van der Waals surface area contributed by atoms with E-state index in [0.29, 0.717) is 12.2 Å².